The van der Waals surface area contributed by atoms with Crippen LogP contribution >= 0.6 is 0 Å². The molecule has 0 heterocycles. The van der Waals surface area contributed by atoms with Gasteiger partial charge in [-0.2, -0.15) is 5.26 Å². The third-order valence-corrected chi connectivity index (χ3v) is 4.30. The molecule has 1 aromatic carbocycles. The molecule has 1 rings (SSSR count). The Balaban J connectivity index is 2.76. The van der Waals surface area contributed by atoms with E-state index in [1.165, 1.54) is 0 Å². The predicted molar refractivity (Wildman–Crippen MR) is 73.7 cm³/mol. The Labute approximate surface area is 114 Å². The maximum atomic E-state index is 11.8. The number of rotatable bonds is 6. The van der Waals surface area contributed by atoms with Crippen molar-refractivity contribution in [3.05, 3.63) is 35.4 Å². The van der Waals surface area contributed by atoms with Crippen LogP contribution < -0.4 is 0 Å². The number of carbonyl (C=O) groups is 1. The summed E-state index contributed by atoms with van der Waals surface area (Å²) in [6.07, 6.45) is -0.0814. The van der Waals surface area contributed by atoms with Crippen molar-refractivity contribution in [3.63, 3.8) is 0 Å². The quantitative estimate of drug-likeness (QED) is 0.749. The van der Waals surface area contributed by atoms with Crippen LogP contribution in [0.3, 0.4) is 0 Å². The molecule has 0 saturated carbocycles. The second-order valence-electron chi connectivity index (χ2n) is 4.70. The molecule has 4 nitrogen and oxygen atoms in total. The van der Waals surface area contributed by atoms with Crippen molar-refractivity contribution >= 4 is 15.6 Å². The first kappa shape index (κ1) is 15.4. The zero-order chi connectivity index (χ0) is 14.5. The van der Waals surface area contributed by atoms with E-state index in [1.54, 1.807) is 18.2 Å². The molecular weight excluding hydrogens is 262 g/mol. The summed E-state index contributed by atoms with van der Waals surface area (Å²) < 4.78 is 23.2. The smallest absolute Gasteiger partial charge is 0.177 e. The average molecular weight is 279 g/mol. The molecule has 0 spiro atoms. The van der Waals surface area contributed by atoms with Gasteiger partial charge in [0, 0.05) is 12.0 Å². The van der Waals surface area contributed by atoms with Crippen molar-refractivity contribution in [1.29, 1.82) is 5.26 Å². The van der Waals surface area contributed by atoms with Gasteiger partial charge < -0.3 is 0 Å². The van der Waals surface area contributed by atoms with Crippen molar-refractivity contribution in [1.82, 2.24) is 0 Å². The fourth-order valence-corrected chi connectivity index (χ4v) is 2.72. The van der Waals surface area contributed by atoms with E-state index in [0.717, 1.165) is 5.56 Å². The standard InChI is InChI=1S/C14H17NO3S/c1-11(2)12-4-6-13(7-5-12)14(16)10-19(17,18)9-3-8-15/h4-7,11H,3,9-10H2,1-2H3. The summed E-state index contributed by atoms with van der Waals surface area (Å²) in [5.41, 5.74) is 1.49. The van der Waals surface area contributed by atoms with E-state index in [0.29, 0.717) is 11.5 Å². The topological polar surface area (TPSA) is 75.0 Å². The Kier molecular flexibility index (Phi) is 5.25. The summed E-state index contributed by atoms with van der Waals surface area (Å²) in [6, 6.07) is 8.73. The molecule has 0 aliphatic rings. The van der Waals surface area contributed by atoms with Crippen LogP contribution in [0.1, 0.15) is 42.1 Å². The van der Waals surface area contributed by atoms with Gasteiger partial charge in [0.25, 0.3) is 0 Å². The second-order valence-corrected chi connectivity index (χ2v) is 6.88. The Morgan fingerprint density at radius 3 is 2.32 bits per heavy atom. The minimum atomic E-state index is -3.49. The zero-order valence-corrected chi connectivity index (χ0v) is 11.9. The highest BCUT2D eigenvalue weighted by atomic mass is 32.2. The van der Waals surface area contributed by atoms with Gasteiger partial charge in [0.2, 0.25) is 0 Å². The third kappa shape index (κ3) is 4.84. The highest BCUT2D eigenvalue weighted by Crippen LogP contribution is 2.15. The number of benzene rings is 1. The van der Waals surface area contributed by atoms with E-state index < -0.39 is 21.4 Å². The zero-order valence-electron chi connectivity index (χ0n) is 11.1. The Morgan fingerprint density at radius 2 is 1.84 bits per heavy atom. The lowest BCUT2D eigenvalue weighted by atomic mass is 10.0. The van der Waals surface area contributed by atoms with Crippen LogP contribution in [-0.2, 0) is 9.84 Å². The first-order valence-corrected chi connectivity index (χ1v) is 7.88. The number of hydrogen-bond donors (Lipinski definition) is 0. The first-order chi connectivity index (χ1) is 8.85. The molecular formula is C14H17NO3S. The van der Waals surface area contributed by atoms with Crippen molar-refractivity contribution in [2.24, 2.45) is 0 Å². The lowest BCUT2D eigenvalue weighted by Crippen LogP contribution is -2.19. The molecule has 0 aliphatic heterocycles. The SMILES string of the molecule is CC(C)c1ccc(C(=O)CS(=O)(=O)CCC#N)cc1. The van der Waals surface area contributed by atoms with E-state index in [1.807, 2.05) is 26.0 Å². The Morgan fingerprint density at radius 1 is 1.26 bits per heavy atom. The van der Waals surface area contributed by atoms with E-state index in [4.69, 9.17) is 5.26 Å². The maximum Gasteiger partial charge on any atom is 0.177 e. The van der Waals surface area contributed by atoms with Crippen LogP contribution in [0.15, 0.2) is 24.3 Å². The van der Waals surface area contributed by atoms with Crippen molar-refractivity contribution < 1.29 is 13.2 Å². The number of hydrogen-bond acceptors (Lipinski definition) is 4. The van der Waals surface area contributed by atoms with Crippen molar-refractivity contribution in [2.45, 2.75) is 26.2 Å². The monoisotopic (exact) mass is 279 g/mol. The van der Waals surface area contributed by atoms with E-state index in [2.05, 4.69) is 0 Å². The van der Waals surface area contributed by atoms with Crippen LogP contribution in [-0.4, -0.2) is 25.7 Å². The second kappa shape index (κ2) is 6.48. The van der Waals surface area contributed by atoms with Crippen LogP contribution in [0, 0.1) is 11.3 Å². The minimum absolute atomic E-state index is 0.0814. The highest BCUT2D eigenvalue weighted by molar-refractivity contribution is 7.92. The van der Waals surface area contributed by atoms with Crippen LogP contribution in [0.5, 0.6) is 0 Å². The van der Waals surface area contributed by atoms with Crippen molar-refractivity contribution in [3.8, 4) is 6.07 Å². The van der Waals surface area contributed by atoms with Crippen LogP contribution in [0.2, 0.25) is 0 Å². The molecule has 5 heteroatoms. The molecule has 0 atom stereocenters. The number of ketones is 1. The first-order valence-electron chi connectivity index (χ1n) is 6.06. The molecule has 102 valence electrons. The molecule has 0 bridgehead atoms. The summed E-state index contributed by atoms with van der Waals surface area (Å²) in [5, 5.41) is 8.36. The van der Waals surface area contributed by atoms with Gasteiger partial charge in [0.05, 0.1) is 11.8 Å². The number of sulfone groups is 1. The highest BCUT2D eigenvalue weighted by Gasteiger charge is 2.17. The molecule has 0 radical (unpaired) electrons. The summed E-state index contributed by atoms with van der Waals surface area (Å²) in [5.74, 6) is -0.855. The number of nitriles is 1. The van der Waals surface area contributed by atoms with Crippen molar-refractivity contribution in [2.75, 3.05) is 11.5 Å². The fourth-order valence-electron chi connectivity index (χ4n) is 1.61. The van der Waals surface area contributed by atoms with Gasteiger partial charge in [-0.25, -0.2) is 8.42 Å². The van der Waals surface area contributed by atoms with Crippen LogP contribution in [0.25, 0.3) is 0 Å². The van der Waals surface area contributed by atoms with Gasteiger partial charge >= 0.3 is 0 Å². The maximum absolute atomic E-state index is 11.8. The minimum Gasteiger partial charge on any atom is -0.293 e. The molecule has 0 aliphatic carbocycles. The molecule has 19 heavy (non-hydrogen) atoms. The van der Waals surface area contributed by atoms with Gasteiger partial charge in [-0.3, -0.25) is 4.79 Å². The van der Waals surface area contributed by atoms with E-state index in [-0.39, 0.29) is 12.2 Å². The summed E-state index contributed by atoms with van der Waals surface area (Å²) in [7, 11) is -3.49. The molecule has 0 N–H and O–H groups in total. The fraction of sp³-hybridized carbons (Fsp3) is 0.429. The molecule has 0 aromatic heterocycles. The molecule has 0 saturated heterocycles. The number of carbonyl (C=O) groups excluding carboxylic acids is 1. The van der Waals surface area contributed by atoms with Gasteiger partial charge in [-0.05, 0) is 11.5 Å². The summed E-state index contributed by atoms with van der Waals surface area (Å²) >= 11 is 0. The summed E-state index contributed by atoms with van der Waals surface area (Å²) in [4.78, 5) is 11.8. The Hall–Kier alpha value is -1.67. The lowest BCUT2D eigenvalue weighted by molar-refractivity contribution is 0.102. The van der Waals surface area contributed by atoms with Gasteiger partial charge in [0.15, 0.2) is 15.6 Å². The predicted octanol–water partition coefficient (Wildman–Crippen LogP) is 2.32. The number of Topliss-reactive ketones (excluding diaryl/α,β-unsaturated/α-hetero) is 1. The molecule has 0 unspecified atom stereocenters. The van der Waals surface area contributed by atoms with Gasteiger partial charge in [0.1, 0.15) is 5.75 Å². The molecule has 0 amide bonds. The largest absolute Gasteiger partial charge is 0.293 e. The third-order valence-electron chi connectivity index (χ3n) is 2.78. The number of nitrogens with zero attached hydrogens (tertiary/aromatic N) is 1. The molecule has 0 fully saturated rings. The molecule has 1 aromatic rings. The summed E-state index contributed by atoms with van der Waals surface area (Å²) in [6.45, 7) is 4.09. The lowest BCUT2D eigenvalue weighted by Gasteiger charge is -2.06. The average Bonchev–Trinajstić information content (AvgIpc) is 2.36. The van der Waals surface area contributed by atoms with E-state index in [9.17, 15) is 13.2 Å². The Bertz CT molecular complexity index is 580. The van der Waals surface area contributed by atoms with E-state index >= 15 is 0 Å². The van der Waals surface area contributed by atoms with Crippen LogP contribution in [0.4, 0.5) is 0 Å². The van der Waals surface area contributed by atoms with Gasteiger partial charge in [-0.1, -0.05) is 38.1 Å². The van der Waals surface area contributed by atoms with Gasteiger partial charge in [-0.15, -0.1) is 0 Å². The normalized spacial score (nSPS) is 11.3.